The minimum Gasteiger partial charge on any atom is -0.508 e. The lowest BCUT2D eigenvalue weighted by molar-refractivity contribution is 0.471. The largest absolute Gasteiger partial charge is 0.508 e. The maximum Gasteiger partial charge on any atom is 0.131 e. The molecule has 0 bridgehead atoms. The van der Waals surface area contributed by atoms with Crippen LogP contribution in [0.3, 0.4) is 0 Å². The van der Waals surface area contributed by atoms with E-state index in [1.54, 1.807) is 12.1 Å². The Kier molecular flexibility index (Phi) is 3.30. The lowest BCUT2D eigenvalue weighted by atomic mass is 9.87. The van der Waals surface area contributed by atoms with Crippen molar-refractivity contribution in [3.8, 4) is 5.75 Å². The van der Waals surface area contributed by atoms with E-state index in [1.807, 2.05) is 24.3 Å². The number of nitrogens with one attached hydrogen (secondary N) is 1. The van der Waals surface area contributed by atoms with Crippen LogP contribution in [0.25, 0.3) is 0 Å². The maximum atomic E-state index is 9.65. The zero-order valence-corrected chi connectivity index (χ0v) is 11.2. The fraction of sp³-hybridized carbons (Fsp3) is 0.267. The molecule has 0 saturated carbocycles. The average molecular weight is 275 g/mol. The molecular weight excluding hydrogens is 260 g/mol. The summed E-state index contributed by atoms with van der Waals surface area (Å²) in [6.07, 6.45) is 3.23. The van der Waals surface area contributed by atoms with Gasteiger partial charge in [0.2, 0.25) is 0 Å². The van der Waals surface area contributed by atoms with Crippen molar-refractivity contribution in [3.63, 3.8) is 0 Å². The third-order valence-electron chi connectivity index (χ3n) is 3.48. The molecular formula is C15H15ClN2O. The van der Waals surface area contributed by atoms with Gasteiger partial charge < -0.3 is 10.4 Å². The lowest BCUT2D eigenvalue weighted by Gasteiger charge is -2.27. The number of hydrogen-bond donors (Lipinski definition) is 2. The summed E-state index contributed by atoms with van der Waals surface area (Å²) in [5, 5.41) is 13.5. The molecule has 98 valence electrons. The van der Waals surface area contributed by atoms with E-state index in [1.165, 1.54) is 5.56 Å². The van der Waals surface area contributed by atoms with Crippen molar-refractivity contribution in [3.05, 3.63) is 52.7 Å². The Morgan fingerprint density at radius 1 is 1.26 bits per heavy atom. The van der Waals surface area contributed by atoms with E-state index in [9.17, 15) is 5.11 Å². The first-order valence-electron chi connectivity index (χ1n) is 6.43. The summed E-state index contributed by atoms with van der Waals surface area (Å²) in [5.74, 6) is 1.08. The van der Waals surface area contributed by atoms with E-state index in [0.29, 0.717) is 10.9 Å². The minimum absolute atomic E-state index is 0.182. The molecule has 0 saturated heterocycles. The van der Waals surface area contributed by atoms with Gasteiger partial charge in [0.15, 0.2) is 0 Å². The first-order valence-corrected chi connectivity index (χ1v) is 6.81. The Hall–Kier alpha value is -1.74. The normalized spacial score (nSPS) is 17.8. The molecule has 0 amide bonds. The molecule has 0 radical (unpaired) electrons. The lowest BCUT2D eigenvalue weighted by Crippen LogP contribution is -2.17. The molecule has 0 spiro atoms. The fourth-order valence-corrected chi connectivity index (χ4v) is 2.77. The number of rotatable bonds is 2. The van der Waals surface area contributed by atoms with Crippen LogP contribution in [0.1, 0.15) is 30.0 Å². The summed E-state index contributed by atoms with van der Waals surface area (Å²) in [5.41, 5.74) is 2.46. The number of aryl methyl sites for hydroxylation is 1. The quantitative estimate of drug-likeness (QED) is 0.816. The highest BCUT2D eigenvalue weighted by Crippen LogP contribution is 2.34. The molecule has 0 aliphatic heterocycles. The Morgan fingerprint density at radius 3 is 3.00 bits per heavy atom. The van der Waals surface area contributed by atoms with Crippen molar-refractivity contribution in [2.24, 2.45) is 0 Å². The van der Waals surface area contributed by atoms with Crippen LogP contribution in [-0.4, -0.2) is 10.1 Å². The predicted molar refractivity (Wildman–Crippen MR) is 76.7 cm³/mol. The topological polar surface area (TPSA) is 45.1 Å². The van der Waals surface area contributed by atoms with Crippen LogP contribution in [0, 0.1) is 0 Å². The van der Waals surface area contributed by atoms with Crippen molar-refractivity contribution in [1.82, 2.24) is 4.98 Å². The molecule has 2 aromatic rings. The van der Waals surface area contributed by atoms with Gasteiger partial charge in [-0.1, -0.05) is 23.7 Å². The van der Waals surface area contributed by atoms with E-state index in [0.717, 1.165) is 30.6 Å². The summed E-state index contributed by atoms with van der Waals surface area (Å²) < 4.78 is 0. The van der Waals surface area contributed by atoms with Gasteiger partial charge in [0.25, 0.3) is 0 Å². The first kappa shape index (κ1) is 12.3. The molecule has 1 aromatic heterocycles. The van der Waals surface area contributed by atoms with Crippen molar-refractivity contribution < 1.29 is 5.11 Å². The second-order valence-corrected chi connectivity index (χ2v) is 5.21. The van der Waals surface area contributed by atoms with Gasteiger partial charge in [-0.05, 0) is 54.7 Å². The SMILES string of the molecule is Oc1ccc2c(c1)C(Nc1cccc(Cl)n1)CCC2. The number of benzene rings is 1. The molecule has 19 heavy (non-hydrogen) atoms. The summed E-state index contributed by atoms with van der Waals surface area (Å²) in [6.45, 7) is 0. The molecule has 3 rings (SSSR count). The Bertz CT molecular complexity index is 600. The number of hydrogen-bond acceptors (Lipinski definition) is 3. The maximum absolute atomic E-state index is 9.65. The fourth-order valence-electron chi connectivity index (χ4n) is 2.60. The number of nitrogens with zero attached hydrogens (tertiary/aromatic N) is 1. The van der Waals surface area contributed by atoms with Crippen molar-refractivity contribution in [1.29, 1.82) is 0 Å². The number of halogens is 1. The van der Waals surface area contributed by atoms with E-state index in [-0.39, 0.29) is 6.04 Å². The van der Waals surface area contributed by atoms with Crippen LogP contribution >= 0.6 is 11.6 Å². The molecule has 1 aromatic carbocycles. The highest BCUT2D eigenvalue weighted by atomic mass is 35.5. The zero-order valence-electron chi connectivity index (χ0n) is 10.4. The Balaban J connectivity index is 1.89. The highest BCUT2D eigenvalue weighted by Gasteiger charge is 2.20. The smallest absolute Gasteiger partial charge is 0.131 e. The monoisotopic (exact) mass is 274 g/mol. The number of aromatic nitrogens is 1. The molecule has 1 heterocycles. The summed E-state index contributed by atoms with van der Waals surface area (Å²) in [6, 6.07) is 11.3. The molecule has 4 heteroatoms. The molecule has 3 nitrogen and oxygen atoms in total. The number of fused-ring (bicyclic) bond motifs is 1. The highest BCUT2D eigenvalue weighted by molar-refractivity contribution is 6.29. The second kappa shape index (κ2) is 5.10. The van der Waals surface area contributed by atoms with Gasteiger partial charge >= 0.3 is 0 Å². The predicted octanol–water partition coefficient (Wildman–Crippen LogP) is 3.93. The summed E-state index contributed by atoms with van der Waals surface area (Å²) in [4.78, 5) is 4.25. The van der Waals surface area contributed by atoms with Crippen LogP contribution < -0.4 is 5.32 Å². The second-order valence-electron chi connectivity index (χ2n) is 4.82. The number of anilines is 1. The van der Waals surface area contributed by atoms with Crippen LogP contribution in [0.5, 0.6) is 5.75 Å². The van der Waals surface area contributed by atoms with Crippen LogP contribution in [0.2, 0.25) is 5.15 Å². The third kappa shape index (κ3) is 2.66. The molecule has 1 aliphatic carbocycles. The first-order chi connectivity index (χ1) is 9.22. The van der Waals surface area contributed by atoms with Gasteiger partial charge in [0, 0.05) is 0 Å². The zero-order chi connectivity index (χ0) is 13.2. The molecule has 2 N–H and O–H groups in total. The number of pyridine rings is 1. The van der Waals surface area contributed by atoms with Crippen molar-refractivity contribution in [2.45, 2.75) is 25.3 Å². The Labute approximate surface area is 117 Å². The van der Waals surface area contributed by atoms with Gasteiger partial charge in [-0.15, -0.1) is 0 Å². The van der Waals surface area contributed by atoms with Crippen LogP contribution in [0.4, 0.5) is 5.82 Å². The van der Waals surface area contributed by atoms with Crippen molar-refractivity contribution >= 4 is 17.4 Å². The van der Waals surface area contributed by atoms with E-state index in [4.69, 9.17) is 11.6 Å². The number of aromatic hydroxyl groups is 1. The van der Waals surface area contributed by atoms with Gasteiger partial charge in [-0.2, -0.15) is 0 Å². The summed E-state index contributed by atoms with van der Waals surface area (Å²) in [7, 11) is 0. The van der Waals surface area contributed by atoms with Gasteiger partial charge in [0.1, 0.15) is 16.7 Å². The van der Waals surface area contributed by atoms with Gasteiger partial charge in [-0.25, -0.2) is 4.98 Å². The molecule has 0 fully saturated rings. The molecule has 1 unspecified atom stereocenters. The Morgan fingerprint density at radius 2 is 2.16 bits per heavy atom. The number of phenolic OH excluding ortho intramolecular Hbond substituents is 1. The van der Waals surface area contributed by atoms with E-state index >= 15 is 0 Å². The third-order valence-corrected chi connectivity index (χ3v) is 3.69. The summed E-state index contributed by atoms with van der Waals surface area (Å²) >= 11 is 5.90. The molecule has 1 atom stereocenters. The van der Waals surface area contributed by atoms with Gasteiger partial charge in [0.05, 0.1) is 6.04 Å². The standard InChI is InChI=1S/C15H15ClN2O/c16-14-5-2-6-15(18-14)17-13-4-1-3-10-7-8-11(19)9-12(10)13/h2,5-9,13,19H,1,3-4H2,(H,17,18). The van der Waals surface area contributed by atoms with Crippen molar-refractivity contribution in [2.75, 3.05) is 5.32 Å². The minimum atomic E-state index is 0.182. The average Bonchev–Trinajstić information content (AvgIpc) is 2.39. The van der Waals surface area contributed by atoms with Crippen LogP contribution in [-0.2, 0) is 6.42 Å². The number of phenols is 1. The van der Waals surface area contributed by atoms with E-state index in [2.05, 4.69) is 10.3 Å². The van der Waals surface area contributed by atoms with E-state index < -0.39 is 0 Å². The van der Waals surface area contributed by atoms with Gasteiger partial charge in [-0.3, -0.25) is 0 Å². The molecule has 1 aliphatic rings. The van der Waals surface area contributed by atoms with Crippen LogP contribution in [0.15, 0.2) is 36.4 Å².